The first-order valence-electron chi connectivity index (χ1n) is 5.87. The van der Waals surface area contributed by atoms with Gasteiger partial charge in [-0.3, -0.25) is 0 Å². The Labute approximate surface area is 102 Å². The minimum atomic E-state index is -1.62. The maximum Gasteiger partial charge on any atom is 0.488 e. The van der Waals surface area contributed by atoms with E-state index >= 15 is 0 Å². The lowest BCUT2D eigenvalue weighted by atomic mass is 9.79. The van der Waals surface area contributed by atoms with Crippen LogP contribution in [0.5, 0.6) is 0 Å². The molecule has 0 aromatic heterocycles. The van der Waals surface area contributed by atoms with Crippen LogP contribution < -0.4 is 5.46 Å². The summed E-state index contributed by atoms with van der Waals surface area (Å²) in [7, 11) is 0.348. The summed E-state index contributed by atoms with van der Waals surface area (Å²) in [5, 5.41) is 18.0. The lowest BCUT2D eigenvalue weighted by molar-refractivity contribution is 0.320. The van der Waals surface area contributed by atoms with Gasteiger partial charge in [-0.1, -0.05) is 19.4 Å². The van der Waals surface area contributed by atoms with E-state index in [-0.39, 0.29) is 5.46 Å². The highest BCUT2D eigenvalue weighted by Gasteiger charge is 2.13. The largest absolute Gasteiger partial charge is 0.488 e. The summed E-state index contributed by atoms with van der Waals surface area (Å²) < 4.78 is 13.2. The second kappa shape index (κ2) is 6.74. The number of hydrogen-bond donors (Lipinski definition) is 2. The van der Waals surface area contributed by atoms with Crippen molar-refractivity contribution in [3.8, 4) is 0 Å². The highest BCUT2D eigenvalue weighted by atomic mass is 19.1. The van der Waals surface area contributed by atoms with E-state index in [2.05, 4.69) is 11.8 Å². The highest BCUT2D eigenvalue weighted by Crippen LogP contribution is 2.06. The minimum absolute atomic E-state index is 0.198. The maximum absolute atomic E-state index is 13.2. The zero-order chi connectivity index (χ0) is 12.8. The van der Waals surface area contributed by atoms with Gasteiger partial charge in [-0.25, -0.2) is 4.39 Å². The third-order valence-electron chi connectivity index (χ3n) is 2.62. The van der Waals surface area contributed by atoms with Crippen molar-refractivity contribution in [1.82, 2.24) is 4.90 Å². The van der Waals surface area contributed by atoms with E-state index < -0.39 is 12.9 Å². The SMILES string of the molecule is CCCCN(C)Cc1cc(F)cc(B(O)O)c1. The Hall–Kier alpha value is -0.905. The molecule has 0 bridgehead atoms. The first kappa shape index (κ1) is 14.2. The molecule has 0 amide bonds. The Bertz CT molecular complexity index is 360. The Balaban J connectivity index is 2.70. The number of nitrogens with zero attached hydrogens (tertiary/aromatic N) is 1. The third kappa shape index (κ3) is 4.85. The molecule has 2 N–H and O–H groups in total. The zero-order valence-electron chi connectivity index (χ0n) is 10.4. The second-order valence-corrected chi connectivity index (χ2v) is 4.36. The third-order valence-corrected chi connectivity index (χ3v) is 2.62. The van der Waals surface area contributed by atoms with Gasteiger partial charge in [0.1, 0.15) is 5.82 Å². The minimum Gasteiger partial charge on any atom is -0.423 e. The molecule has 5 heteroatoms. The van der Waals surface area contributed by atoms with Crippen LogP contribution in [0.25, 0.3) is 0 Å². The molecule has 0 heterocycles. The molecule has 0 atom stereocenters. The standard InChI is InChI=1S/C12H19BFNO2/c1-3-4-5-15(2)9-10-6-11(13(16)17)8-12(14)7-10/h6-8,16-17H,3-5,9H2,1-2H3. The molecule has 1 aromatic carbocycles. The average molecular weight is 239 g/mol. The molecule has 3 nitrogen and oxygen atoms in total. The molecule has 0 spiro atoms. The summed E-state index contributed by atoms with van der Waals surface area (Å²) in [6.07, 6.45) is 2.22. The Kier molecular flexibility index (Phi) is 5.61. The summed E-state index contributed by atoms with van der Waals surface area (Å²) in [5.41, 5.74) is 0.954. The Morgan fingerprint density at radius 2 is 2.00 bits per heavy atom. The van der Waals surface area contributed by atoms with Crippen LogP contribution in [0.4, 0.5) is 4.39 Å². The van der Waals surface area contributed by atoms with Gasteiger partial charge in [0.25, 0.3) is 0 Å². The van der Waals surface area contributed by atoms with E-state index in [1.165, 1.54) is 6.07 Å². The van der Waals surface area contributed by atoms with Gasteiger partial charge in [0.2, 0.25) is 0 Å². The number of benzene rings is 1. The van der Waals surface area contributed by atoms with E-state index in [9.17, 15) is 4.39 Å². The van der Waals surface area contributed by atoms with Crippen molar-refractivity contribution < 1.29 is 14.4 Å². The Morgan fingerprint density at radius 1 is 1.29 bits per heavy atom. The van der Waals surface area contributed by atoms with Crippen LogP contribution in [0, 0.1) is 5.82 Å². The monoisotopic (exact) mass is 239 g/mol. The maximum atomic E-state index is 13.2. The summed E-state index contributed by atoms with van der Waals surface area (Å²) in [5.74, 6) is -0.436. The van der Waals surface area contributed by atoms with Crippen LogP contribution in [0.15, 0.2) is 18.2 Å². The summed E-state index contributed by atoms with van der Waals surface area (Å²) in [4.78, 5) is 2.09. The predicted molar refractivity (Wildman–Crippen MR) is 67.5 cm³/mol. The lowest BCUT2D eigenvalue weighted by Crippen LogP contribution is -2.31. The van der Waals surface area contributed by atoms with Crippen molar-refractivity contribution in [2.45, 2.75) is 26.3 Å². The van der Waals surface area contributed by atoms with Gasteiger partial charge in [0, 0.05) is 6.54 Å². The van der Waals surface area contributed by atoms with Crippen molar-refractivity contribution in [2.24, 2.45) is 0 Å². The summed E-state index contributed by atoms with van der Waals surface area (Å²) in [6.45, 7) is 3.68. The van der Waals surface area contributed by atoms with Crippen molar-refractivity contribution in [2.75, 3.05) is 13.6 Å². The lowest BCUT2D eigenvalue weighted by Gasteiger charge is -2.16. The molecule has 0 unspecified atom stereocenters. The molecule has 1 aromatic rings. The molecule has 0 saturated carbocycles. The molecule has 0 radical (unpaired) electrons. The first-order chi connectivity index (χ1) is 8.02. The van der Waals surface area contributed by atoms with Gasteiger partial charge in [0.15, 0.2) is 0 Å². The number of rotatable bonds is 6. The van der Waals surface area contributed by atoms with Gasteiger partial charge in [-0.15, -0.1) is 0 Å². The summed E-state index contributed by atoms with van der Waals surface area (Å²) >= 11 is 0. The van der Waals surface area contributed by atoms with Crippen LogP contribution in [-0.4, -0.2) is 35.7 Å². The number of halogens is 1. The van der Waals surface area contributed by atoms with Crippen LogP contribution >= 0.6 is 0 Å². The topological polar surface area (TPSA) is 43.7 Å². The fraction of sp³-hybridized carbons (Fsp3) is 0.500. The smallest absolute Gasteiger partial charge is 0.423 e. The van der Waals surface area contributed by atoms with Crippen molar-refractivity contribution in [3.63, 3.8) is 0 Å². The fourth-order valence-corrected chi connectivity index (χ4v) is 1.73. The van der Waals surface area contributed by atoms with Gasteiger partial charge < -0.3 is 14.9 Å². The quantitative estimate of drug-likeness (QED) is 0.719. The molecular formula is C12H19BFNO2. The number of hydrogen-bond acceptors (Lipinski definition) is 3. The van der Waals surface area contributed by atoms with E-state index in [0.717, 1.165) is 31.0 Å². The van der Waals surface area contributed by atoms with Gasteiger partial charge in [0.05, 0.1) is 0 Å². The molecule has 1 rings (SSSR count). The van der Waals surface area contributed by atoms with Gasteiger partial charge >= 0.3 is 7.12 Å². The molecular weight excluding hydrogens is 220 g/mol. The highest BCUT2D eigenvalue weighted by molar-refractivity contribution is 6.58. The van der Waals surface area contributed by atoms with Crippen molar-refractivity contribution in [3.05, 3.63) is 29.6 Å². The first-order valence-corrected chi connectivity index (χ1v) is 5.87. The van der Waals surface area contributed by atoms with Gasteiger partial charge in [-0.05, 0) is 43.2 Å². The fourth-order valence-electron chi connectivity index (χ4n) is 1.73. The molecule has 0 aliphatic carbocycles. The zero-order valence-corrected chi connectivity index (χ0v) is 10.4. The van der Waals surface area contributed by atoms with Crippen LogP contribution in [0.3, 0.4) is 0 Å². The van der Waals surface area contributed by atoms with E-state index in [1.807, 2.05) is 7.05 Å². The van der Waals surface area contributed by atoms with Crippen molar-refractivity contribution in [1.29, 1.82) is 0 Å². The van der Waals surface area contributed by atoms with E-state index in [0.29, 0.717) is 6.54 Å². The Morgan fingerprint density at radius 3 is 2.59 bits per heavy atom. The molecule has 94 valence electrons. The van der Waals surface area contributed by atoms with E-state index in [1.54, 1.807) is 6.07 Å². The van der Waals surface area contributed by atoms with Crippen LogP contribution in [0.1, 0.15) is 25.3 Å². The van der Waals surface area contributed by atoms with Crippen LogP contribution in [-0.2, 0) is 6.54 Å². The van der Waals surface area contributed by atoms with E-state index in [4.69, 9.17) is 10.0 Å². The molecule has 0 aliphatic heterocycles. The van der Waals surface area contributed by atoms with Crippen molar-refractivity contribution >= 4 is 12.6 Å². The number of unbranched alkanes of at least 4 members (excludes halogenated alkanes) is 1. The molecule has 0 aliphatic rings. The normalized spacial score (nSPS) is 10.9. The van der Waals surface area contributed by atoms with Crippen LogP contribution in [0.2, 0.25) is 0 Å². The molecule has 0 fully saturated rings. The van der Waals surface area contributed by atoms with Gasteiger partial charge in [-0.2, -0.15) is 0 Å². The summed E-state index contributed by atoms with van der Waals surface area (Å²) in [6, 6.07) is 4.19. The molecule has 0 saturated heterocycles. The predicted octanol–water partition coefficient (Wildman–Crippen LogP) is 0.737. The average Bonchev–Trinajstić information content (AvgIpc) is 2.25. The second-order valence-electron chi connectivity index (χ2n) is 4.36. The molecule has 17 heavy (non-hydrogen) atoms.